The van der Waals surface area contributed by atoms with Gasteiger partial charge in [-0.3, -0.25) is 0 Å². The maximum atomic E-state index is 12.9. The number of hydrogen-bond acceptors (Lipinski definition) is 2. The van der Waals surface area contributed by atoms with Crippen LogP contribution in [-0.2, 0) is 0 Å². The highest BCUT2D eigenvalue weighted by molar-refractivity contribution is 6.32. The first-order valence-corrected chi connectivity index (χ1v) is 3.50. The van der Waals surface area contributed by atoms with Gasteiger partial charge in [-0.2, -0.15) is 5.26 Å². The molecule has 0 saturated carbocycles. The van der Waals surface area contributed by atoms with Gasteiger partial charge >= 0.3 is 0 Å². The summed E-state index contributed by atoms with van der Waals surface area (Å²) in [6.45, 7) is 0. The summed E-state index contributed by atoms with van der Waals surface area (Å²) in [4.78, 5) is 0. The van der Waals surface area contributed by atoms with Crippen molar-refractivity contribution in [3.05, 3.63) is 28.5 Å². The van der Waals surface area contributed by atoms with E-state index in [0.717, 1.165) is 6.07 Å². The minimum absolute atomic E-state index is 0.0826. The Morgan fingerprint density at radius 3 is 2.67 bits per heavy atom. The molecule has 0 aromatic heterocycles. The third-order valence-electron chi connectivity index (χ3n) is 1.37. The molecular weight excluding hydrogens is 181 g/mol. The Hall–Kier alpha value is -1.27. The molecule has 0 spiro atoms. The Bertz CT molecular complexity index is 346. The van der Waals surface area contributed by atoms with Crippen LogP contribution in [0.2, 0.25) is 5.02 Å². The van der Waals surface area contributed by atoms with Gasteiger partial charge in [0, 0.05) is 0 Å². The Labute approximate surface area is 74.1 Å². The molecular formula is C8H5ClFNO. The first-order chi connectivity index (χ1) is 5.70. The zero-order valence-electron chi connectivity index (χ0n) is 6.27. The van der Waals surface area contributed by atoms with Crippen LogP contribution in [0, 0.1) is 17.1 Å². The summed E-state index contributed by atoms with van der Waals surface area (Å²) in [6, 6.07) is 4.14. The van der Waals surface area contributed by atoms with Gasteiger partial charge in [0.15, 0.2) is 5.75 Å². The number of benzene rings is 1. The summed E-state index contributed by atoms with van der Waals surface area (Å²) in [7, 11) is 1.33. The van der Waals surface area contributed by atoms with Crippen molar-refractivity contribution in [2.24, 2.45) is 0 Å². The van der Waals surface area contributed by atoms with Crippen molar-refractivity contribution >= 4 is 11.6 Å². The van der Waals surface area contributed by atoms with E-state index >= 15 is 0 Å². The molecule has 0 radical (unpaired) electrons. The number of ether oxygens (including phenoxy) is 1. The molecule has 0 saturated heterocycles. The quantitative estimate of drug-likeness (QED) is 0.673. The van der Waals surface area contributed by atoms with Crippen LogP contribution in [0.25, 0.3) is 0 Å². The maximum Gasteiger partial charge on any atom is 0.158 e. The lowest BCUT2D eigenvalue weighted by Gasteiger charge is -2.04. The molecule has 0 bridgehead atoms. The summed E-state index contributed by atoms with van der Waals surface area (Å²) in [6.07, 6.45) is 0. The van der Waals surface area contributed by atoms with Crippen LogP contribution in [0.1, 0.15) is 5.56 Å². The lowest BCUT2D eigenvalue weighted by atomic mass is 10.2. The molecule has 0 unspecified atom stereocenters. The second-order valence-corrected chi connectivity index (χ2v) is 2.46. The van der Waals surface area contributed by atoms with Crippen LogP contribution in [-0.4, -0.2) is 7.11 Å². The van der Waals surface area contributed by atoms with Crippen molar-refractivity contribution in [1.29, 1.82) is 5.26 Å². The SMILES string of the molecule is COc1c(Cl)ccc(F)c1C#N. The van der Waals surface area contributed by atoms with Crippen LogP contribution in [0.5, 0.6) is 5.75 Å². The number of rotatable bonds is 1. The van der Waals surface area contributed by atoms with E-state index < -0.39 is 5.82 Å². The van der Waals surface area contributed by atoms with Crippen molar-refractivity contribution in [3.63, 3.8) is 0 Å². The predicted octanol–water partition coefficient (Wildman–Crippen LogP) is 2.36. The highest BCUT2D eigenvalue weighted by Crippen LogP contribution is 2.29. The summed E-state index contributed by atoms with van der Waals surface area (Å²) in [5.41, 5.74) is -0.162. The highest BCUT2D eigenvalue weighted by atomic mass is 35.5. The van der Waals surface area contributed by atoms with Gasteiger partial charge in [-0.1, -0.05) is 11.6 Å². The highest BCUT2D eigenvalue weighted by Gasteiger charge is 2.11. The van der Waals surface area contributed by atoms with Gasteiger partial charge < -0.3 is 4.74 Å². The molecule has 0 fully saturated rings. The maximum absolute atomic E-state index is 12.9. The van der Waals surface area contributed by atoms with Crippen molar-refractivity contribution in [2.45, 2.75) is 0 Å². The van der Waals surface area contributed by atoms with Gasteiger partial charge in [-0.05, 0) is 12.1 Å². The van der Waals surface area contributed by atoms with E-state index in [1.165, 1.54) is 13.2 Å². The lowest BCUT2D eigenvalue weighted by Crippen LogP contribution is -1.92. The van der Waals surface area contributed by atoms with Gasteiger partial charge in [0.2, 0.25) is 0 Å². The van der Waals surface area contributed by atoms with Crippen LogP contribution >= 0.6 is 11.6 Å². The van der Waals surface area contributed by atoms with Crippen LogP contribution < -0.4 is 4.74 Å². The molecule has 12 heavy (non-hydrogen) atoms. The molecule has 4 heteroatoms. The Balaban J connectivity index is 3.41. The zero-order valence-corrected chi connectivity index (χ0v) is 7.02. The third kappa shape index (κ3) is 1.34. The topological polar surface area (TPSA) is 33.0 Å². The molecule has 2 nitrogen and oxygen atoms in total. The molecule has 0 heterocycles. The first-order valence-electron chi connectivity index (χ1n) is 3.12. The van der Waals surface area contributed by atoms with Crippen LogP contribution in [0.15, 0.2) is 12.1 Å². The summed E-state index contributed by atoms with van der Waals surface area (Å²) in [5, 5.41) is 8.76. The van der Waals surface area contributed by atoms with Crippen LogP contribution in [0.3, 0.4) is 0 Å². The molecule has 0 atom stereocenters. The smallest absolute Gasteiger partial charge is 0.158 e. The number of hydrogen-bond donors (Lipinski definition) is 0. The standard InChI is InChI=1S/C8H5ClFNO/c1-12-8-5(4-11)7(10)3-2-6(8)9/h2-3H,1H3. The van der Waals surface area contributed by atoms with Gasteiger partial charge in [-0.25, -0.2) is 4.39 Å². The summed E-state index contributed by atoms with van der Waals surface area (Å²) >= 11 is 5.64. The van der Waals surface area contributed by atoms with E-state index in [-0.39, 0.29) is 16.3 Å². The van der Waals surface area contributed by atoms with Crippen molar-refractivity contribution < 1.29 is 9.13 Å². The summed E-state index contributed by atoms with van der Waals surface area (Å²) < 4.78 is 17.6. The van der Waals surface area contributed by atoms with E-state index in [2.05, 4.69) is 0 Å². The monoisotopic (exact) mass is 185 g/mol. The van der Waals surface area contributed by atoms with E-state index in [0.29, 0.717) is 0 Å². The van der Waals surface area contributed by atoms with Gasteiger partial charge in [-0.15, -0.1) is 0 Å². The van der Waals surface area contributed by atoms with Crippen molar-refractivity contribution in [3.8, 4) is 11.8 Å². The average Bonchev–Trinajstić information content (AvgIpc) is 2.08. The number of nitriles is 1. The summed E-state index contributed by atoms with van der Waals surface area (Å²) in [5.74, 6) is -0.544. The molecule has 0 aliphatic rings. The molecule has 0 aliphatic heterocycles. The van der Waals surface area contributed by atoms with E-state index in [1.54, 1.807) is 6.07 Å². The molecule has 0 N–H and O–H groups in total. The normalized spacial score (nSPS) is 9.17. The van der Waals surface area contributed by atoms with Gasteiger partial charge in [0.25, 0.3) is 0 Å². The molecule has 0 aliphatic carbocycles. The largest absolute Gasteiger partial charge is 0.494 e. The van der Waals surface area contributed by atoms with E-state index in [9.17, 15) is 4.39 Å². The number of methoxy groups -OCH3 is 1. The van der Waals surface area contributed by atoms with Crippen molar-refractivity contribution in [2.75, 3.05) is 7.11 Å². The first kappa shape index (κ1) is 8.82. The Kier molecular flexibility index (Phi) is 2.51. The minimum atomic E-state index is -0.626. The minimum Gasteiger partial charge on any atom is -0.494 e. The van der Waals surface area contributed by atoms with Gasteiger partial charge in [0.1, 0.15) is 17.4 Å². The zero-order chi connectivity index (χ0) is 9.14. The molecule has 1 aromatic carbocycles. The molecule has 1 aromatic rings. The van der Waals surface area contributed by atoms with E-state index in [4.69, 9.17) is 21.6 Å². The molecule has 0 amide bonds. The molecule has 1 rings (SSSR count). The van der Waals surface area contributed by atoms with E-state index in [1.807, 2.05) is 0 Å². The van der Waals surface area contributed by atoms with Crippen LogP contribution in [0.4, 0.5) is 4.39 Å². The van der Waals surface area contributed by atoms with Gasteiger partial charge in [0.05, 0.1) is 12.1 Å². The second kappa shape index (κ2) is 3.42. The number of nitrogens with zero attached hydrogens (tertiary/aromatic N) is 1. The Morgan fingerprint density at radius 2 is 2.25 bits per heavy atom. The fourth-order valence-corrected chi connectivity index (χ4v) is 1.07. The Morgan fingerprint density at radius 1 is 1.58 bits per heavy atom. The number of halogens is 2. The average molecular weight is 186 g/mol. The fourth-order valence-electron chi connectivity index (χ4n) is 0.837. The predicted molar refractivity (Wildman–Crippen MR) is 42.7 cm³/mol. The van der Waals surface area contributed by atoms with Crippen molar-refractivity contribution in [1.82, 2.24) is 0 Å². The molecule has 62 valence electrons. The third-order valence-corrected chi connectivity index (χ3v) is 1.67. The second-order valence-electron chi connectivity index (χ2n) is 2.05. The fraction of sp³-hybridized carbons (Fsp3) is 0.125. The lowest BCUT2D eigenvalue weighted by molar-refractivity contribution is 0.410.